The lowest BCUT2D eigenvalue weighted by atomic mass is 9.79. The predicted molar refractivity (Wildman–Crippen MR) is 43.9 cm³/mol. The number of rotatable bonds is 1. The smallest absolute Gasteiger partial charge is 0.0297 e. The van der Waals surface area contributed by atoms with Crippen LogP contribution in [0.1, 0.15) is 51.9 Å². The quantitative estimate of drug-likeness (QED) is 0.521. The zero-order valence-electron chi connectivity index (χ0n) is 7.03. The van der Waals surface area contributed by atoms with Gasteiger partial charge in [0.1, 0.15) is 0 Å². The fourth-order valence-corrected chi connectivity index (χ4v) is 2.40. The molecule has 0 aromatic carbocycles. The van der Waals surface area contributed by atoms with Gasteiger partial charge in [0, 0.05) is 0 Å². The summed E-state index contributed by atoms with van der Waals surface area (Å²) in [5.41, 5.74) is 0.820. The van der Waals surface area contributed by atoms with Crippen LogP contribution in [0.15, 0.2) is 0 Å². The lowest BCUT2D eigenvalue weighted by molar-refractivity contribution is 0.245. The first-order valence-corrected chi connectivity index (χ1v) is 4.81. The molecule has 0 radical (unpaired) electrons. The molecule has 2 aliphatic carbocycles. The maximum Gasteiger partial charge on any atom is -0.0297 e. The van der Waals surface area contributed by atoms with E-state index in [9.17, 15) is 0 Å². The molecule has 0 spiro atoms. The third-order valence-corrected chi connectivity index (χ3v) is 3.63. The molecule has 2 rings (SSSR count). The molecular formula is C10H18. The predicted octanol–water partition coefficient (Wildman–Crippen LogP) is 3.37. The summed E-state index contributed by atoms with van der Waals surface area (Å²) in [6, 6.07) is 0. The number of hydrogen-bond donors (Lipinski definition) is 0. The largest absolute Gasteiger partial charge is 0.0594 e. The van der Waals surface area contributed by atoms with Crippen LogP contribution in [0.5, 0.6) is 0 Å². The Bertz CT molecular complexity index is 116. The summed E-state index contributed by atoms with van der Waals surface area (Å²) >= 11 is 0. The van der Waals surface area contributed by atoms with Crippen LogP contribution in [0, 0.1) is 11.3 Å². The van der Waals surface area contributed by atoms with E-state index in [2.05, 4.69) is 6.92 Å². The van der Waals surface area contributed by atoms with E-state index >= 15 is 0 Å². The normalized spacial score (nSPS) is 32.1. The van der Waals surface area contributed by atoms with E-state index < -0.39 is 0 Å². The van der Waals surface area contributed by atoms with E-state index in [1.54, 1.807) is 0 Å². The van der Waals surface area contributed by atoms with Crippen molar-refractivity contribution < 1.29 is 0 Å². The highest BCUT2D eigenvalue weighted by Gasteiger charge is 2.44. The van der Waals surface area contributed by atoms with E-state index in [4.69, 9.17) is 0 Å². The summed E-state index contributed by atoms with van der Waals surface area (Å²) in [5, 5.41) is 0. The van der Waals surface area contributed by atoms with Gasteiger partial charge in [-0.3, -0.25) is 0 Å². The summed E-state index contributed by atoms with van der Waals surface area (Å²) in [5.74, 6) is 1.11. The lowest BCUT2D eigenvalue weighted by Gasteiger charge is -2.27. The maximum absolute atomic E-state index is 2.49. The molecule has 0 aromatic heterocycles. The van der Waals surface area contributed by atoms with Gasteiger partial charge in [-0.05, 0) is 37.0 Å². The van der Waals surface area contributed by atoms with Gasteiger partial charge in [-0.2, -0.15) is 0 Å². The Kier molecular flexibility index (Phi) is 1.51. The monoisotopic (exact) mass is 138 g/mol. The van der Waals surface area contributed by atoms with E-state index in [1.807, 2.05) is 0 Å². The Morgan fingerprint density at radius 3 is 2.10 bits per heavy atom. The van der Waals surface area contributed by atoms with E-state index in [0.717, 1.165) is 11.3 Å². The van der Waals surface area contributed by atoms with Crippen molar-refractivity contribution in [3.8, 4) is 0 Å². The van der Waals surface area contributed by atoms with Crippen molar-refractivity contribution in [2.75, 3.05) is 0 Å². The second-order valence-corrected chi connectivity index (χ2v) is 4.49. The molecule has 0 heteroatoms. The molecule has 0 atom stereocenters. The van der Waals surface area contributed by atoms with Crippen molar-refractivity contribution in [1.29, 1.82) is 0 Å². The van der Waals surface area contributed by atoms with Crippen molar-refractivity contribution in [2.24, 2.45) is 11.3 Å². The molecule has 2 saturated carbocycles. The van der Waals surface area contributed by atoms with Crippen molar-refractivity contribution in [1.82, 2.24) is 0 Å². The summed E-state index contributed by atoms with van der Waals surface area (Å²) in [7, 11) is 0. The van der Waals surface area contributed by atoms with Crippen molar-refractivity contribution in [3.63, 3.8) is 0 Å². The standard InChI is InChI=1S/C10H18/c1-10(7-8-10)9-5-3-2-4-6-9/h9H,2-8H2,1H3. The molecule has 0 saturated heterocycles. The molecular weight excluding hydrogens is 120 g/mol. The highest BCUT2D eigenvalue weighted by atomic mass is 14.5. The van der Waals surface area contributed by atoms with Crippen LogP contribution in [0.2, 0.25) is 0 Å². The molecule has 0 nitrogen and oxygen atoms in total. The summed E-state index contributed by atoms with van der Waals surface area (Å²) < 4.78 is 0. The van der Waals surface area contributed by atoms with Gasteiger partial charge < -0.3 is 0 Å². The van der Waals surface area contributed by atoms with Gasteiger partial charge in [-0.25, -0.2) is 0 Å². The van der Waals surface area contributed by atoms with Crippen LogP contribution in [0.25, 0.3) is 0 Å². The molecule has 2 aliphatic rings. The highest BCUT2D eigenvalue weighted by molar-refractivity contribution is 4.95. The van der Waals surface area contributed by atoms with Crippen LogP contribution >= 0.6 is 0 Å². The molecule has 2 fully saturated rings. The Morgan fingerprint density at radius 1 is 1.00 bits per heavy atom. The Labute approximate surface area is 64.0 Å². The molecule has 0 bridgehead atoms. The molecule has 0 heterocycles. The fraction of sp³-hybridized carbons (Fsp3) is 1.00. The second-order valence-electron chi connectivity index (χ2n) is 4.49. The molecule has 58 valence electrons. The van der Waals surface area contributed by atoms with Crippen molar-refractivity contribution in [2.45, 2.75) is 51.9 Å². The maximum atomic E-state index is 2.49. The lowest BCUT2D eigenvalue weighted by Crippen LogP contribution is -2.15. The van der Waals surface area contributed by atoms with Crippen LogP contribution in [-0.2, 0) is 0 Å². The molecule has 0 aromatic rings. The van der Waals surface area contributed by atoms with Gasteiger partial charge in [-0.1, -0.05) is 26.2 Å². The fourth-order valence-electron chi connectivity index (χ4n) is 2.40. The van der Waals surface area contributed by atoms with Gasteiger partial charge in [0.15, 0.2) is 0 Å². The SMILES string of the molecule is CC1(C2CCCCC2)CC1. The highest BCUT2D eigenvalue weighted by Crippen LogP contribution is 2.55. The molecule has 10 heavy (non-hydrogen) atoms. The first kappa shape index (κ1) is 6.69. The third kappa shape index (κ3) is 1.09. The summed E-state index contributed by atoms with van der Waals surface area (Å²) in [4.78, 5) is 0. The minimum absolute atomic E-state index is 0.820. The van der Waals surface area contributed by atoms with E-state index in [0.29, 0.717) is 0 Å². The minimum Gasteiger partial charge on any atom is -0.0594 e. The topological polar surface area (TPSA) is 0 Å². The van der Waals surface area contributed by atoms with Crippen LogP contribution < -0.4 is 0 Å². The Hall–Kier alpha value is 0. The summed E-state index contributed by atoms with van der Waals surface area (Å²) in [6.45, 7) is 2.49. The summed E-state index contributed by atoms with van der Waals surface area (Å²) in [6.07, 6.45) is 10.7. The van der Waals surface area contributed by atoms with Crippen LogP contribution in [0.3, 0.4) is 0 Å². The molecule has 0 amide bonds. The Balaban J connectivity index is 1.91. The van der Waals surface area contributed by atoms with Crippen molar-refractivity contribution in [3.05, 3.63) is 0 Å². The van der Waals surface area contributed by atoms with Gasteiger partial charge in [0.2, 0.25) is 0 Å². The van der Waals surface area contributed by atoms with Crippen molar-refractivity contribution >= 4 is 0 Å². The third-order valence-electron chi connectivity index (χ3n) is 3.63. The first-order chi connectivity index (χ1) is 4.81. The Morgan fingerprint density at radius 2 is 1.60 bits per heavy atom. The molecule has 0 unspecified atom stereocenters. The second kappa shape index (κ2) is 2.25. The zero-order chi connectivity index (χ0) is 7.03. The zero-order valence-corrected chi connectivity index (χ0v) is 7.03. The van der Waals surface area contributed by atoms with E-state index in [-0.39, 0.29) is 0 Å². The van der Waals surface area contributed by atoms with Gasteiger partial charge in [0.25, 0.3) is 0 Å². The van der Waals surface area contributed by atoms with Gasteiger partial charge >= 0.3 is 0 Å². The average molecular weight is 138 g/mol. The van der Waals surface area contributed by atoms with Gasteiger partial charge in [-0.15, -0.1) is 0 Å². The minimum atomic E-state index is 0.820. The molecule has 0 N–H and O–H groups in total. The van der Waals surface area contributed by atoms with Crippen LogP contribution in [0.4, 0.5) is 0 Å². The average Bonchev–Trinajstić information content (AvgIpc) is 2.72. The molecule has 0 aliphatic heterocycles. The number of hydrogen-bond acceptors (Lipinski definition) is 0. The van der Waals surface area contributed by atoms with Crippen LogP contribution in [-0.4, -0.2) is 0 Å². The first-order valence-electron chi connectivity index (χ1n) is 4.81. The van der Waals surface area contributed by atoms with Gasteiger partial charge in [0.05, 0.1) is 0 Å². The van der Waals surface area contributed by atoms with E-state index in [1.165, 1.54) is 44.9 Å².